The highest BCUT2D eigenvalue weighted by atomic mass is 16.6. The maximum absolute atomic E-state index is 11.8. The van der Waals surface area contributed by atoms with Gasteiger partial charge in [0, 0.05) is 41.1 Å². The first kappa shape index (κ1) is 18.7. The normalized spacial score (nSPS) is 15.9. The molecule has 2 amide bonds. The largest absolute Gasteiger partial charge is 0.447 e. The molecule has 1 rings (SSSR count). The predicted molar refractivity (Wildman–Crippen MR) is 88.9 cm³/mol. The number of nitrogens with zero attached hydrogens (tertiary/aromatic N) is 2. The lowest BCUT2D eigenvalue weighted by molar-refractivity contribution is -0.118. The number of rotatable bonds is 8. The molecular weight excluding hydrogens is 282 g/mol. The van der Waals surface area contributed by atoms with Crippen LogP contribution < -0.4 is 5.32 Å². The van der Waals surface area contributed by atoms with Gasteiger partial charge in [0.15, 0.2) is 0 Å². The number of hydrogen-bond donors (Lipinski definition) is 1. The van der Waals surface area contributed by atoms with E-state index in [2.05, 4.69) is 10.2 Å². The highest BCUT2D eigenvalue weighted by Gasteiger charge is 2.22. The Labute approximate surface area is 135 Å². The lowest BCUT2D eigenvalue weighted by Gasteiger charge is -2.34. The molecule has 0 unspecified atom stereocenters. The number of piperazine rings is 1. The van der Waals surface area contributed by atoms with E-state index in [1.165, 1.54) is 12.8 Å². The van der Waals surface area contributed by atoms with Crippen LogP contribution >= 0.6 is 0 Å². The van der Waals surface area contributed by atoms with Crippen molar-refractivity contribution in [2.75, 3.05) is 39.3 Å². The minimum absolute atomic E-state index is 0. The lowest BCUT2D eigenvalue weighted by atomic mass is 10.2. The quantitative estimate of drug-likeness (QED) is 0.697. The van der Waals surface area contributed by atoms with Crippen molar-refractivity contribution in [3.05, 3.63) is 0 Å². The van der Waals surface area contributed by atoms with Crippen molar-refractivity contribution >= 4 is 12.0 Å². The number of hydrogen-bond acceptors (Lipinski definition) is 4. The Balaban J connectivity index is 0.00000484. The Kier molecular flexibility index (Phi) is 8.89. The molecule has 0 spiro atoms. The van der Waals surface area contributed by atoms with Crippen LogP contribution in [0.4, 0.5) is 4.79 Å². The maximum Gasteiger partial charge on any atom is 0.410 e. The van der Waals surface area contributed by atoms with Crippen molar-refractivity contribution in [3.8, 4) is 0 Å². The Hall–Kier alpha value is -1.30. The van der Waals surface area contributed by atoms with E-state index in [0.717, 1.165) is 52.1 Å². The first-order valence-corrected chi connectivity index (χ1v) is 8.41. The smallest absolute Gasteiger partial charge is 0.410 e. The zero-order valence-electron chi connectivity index (χ0n) is 14.3. The Morgan fingerprint density at radius 2 is 1.73 bits per heavy atom. The van der Waals surface area contributed by atoms with Gasteiger partial charge in [0.25, 0.3) is 0 Å². The van der Waals surface area contributed by atoms with Gasteiger partial charge in [0.2, 0.25) is 5.91 Å². The molecule has 1 heterocycles. The van der Waals surface area contributed by atoms with E-state index in [1.54, 1.807) is 11.8 Å². The van der Waals surface area contributed by atoms with E-state index in [4.69, 9.17) is 4.74 Å². The van der Waals surface area contributed by atoms with Crippen LogP contribution in [0.3, 0.4) is 0 Å². The van der Waals surface area contributed by atoms with Crippen molar-refractivity contribution in [3.63, 3.8) is 0 Å². The molecule has 22 heavy (non-hydrogen) atoms. The number of amides is 2. The van der Waals surface area contributed by atoms with Crippen molar-refractivity contribution in [2.24, 2.45) is 0 Å². The average molecular weight is 315 g/mol. The van der Waals surface area contributed by atoms with Crippen LogP contribution in [-0.4, -0.2) is 67.2 Å². The summed E-state index contributed by atoms with van der Waals surface area (Å²) in [7, 11) is 0. The second-order valence-corrected chi connectivity index (χ2v) is 6.16. The van der Waals surface area contributed by atoms with Gasteiger partial charge in [-0.15, -0.1) is 0 Å². The van der Waals surface area contributed by atoms with Crippen LogP contribution in [0.2, 0.25) is 0 Å². The minimum Gasteiger partial charge on any atom is -0.447 e. The number of carbonyl (C=O) groups is 2. The van der Waals surface area contributed by atoms with Gasteiger partial charge in [-0.3, -0.25) is 9.69 Å². The predicted octanol–water partition coefficient (Wildman–Crippen LogP) is 2.09. The first-order chi connectivity index (χ1) is 10.5. The third-order valence-electron chi connectivity index (χ3n) is 3.74. The summed E-state index contributed by atoms with van der Waals surface area (Å²) in [6.07, 6.45) is 4.33. The van der Waals surface area contributed by atoms with E-state index in [0.29, 0.717) is 0 Å². The fourth-order valence-corrected chi connectivity index (χ4v) is 2.51. The minimum atomic E-state index is -0.187. The Bertz CT molecular complexity index is 345. The van der Waals surface area contributed by atoms with E-state index in [1.807, 2.05) is 13.8 Å². The third kappa shape index (κ3) is 8.22. The summed E-state index contributed by atoms with van der Waals surface area (Å²) in [6.45, 7) is 10.6. The van der Waals surface area contributed by atoms with E-state index in [-0.39, 0.29) is 19.5 Å². The molecular formula is C16H33N3O3. The van der Waals surface area contributed by atoms with Crippen LogP contribution in [0.25, 0.3) is 0 Å². The summed E-state index contributed by atoms with van der Waals surface area (Å²) in [5.74, 6) is 0.0499. The summed E-state index contributed by atoms with van der Waals surface area (Å²) < 4.78 is 5.22. The molecule has 1 aliphatic rings. The van der Waals surface area contributed by atoms with Crippen molar-refractivity contribution in [1.29, 1.82) is 0 Å². The van der Waals surface area contributed by atoms with Gasteiger partial charge in [-0.2, -0.15) is 0 Å². The second-order valence-electron chi connectivity index (χ2n) is 6.16. The molecule has 0 aliphatic carbocycles. The van der Waals surface area contributed by atoms with Gasteiger partial charge in [0.1, 0.15) is 0 Å². The molecule has 0 aromatic rings. The van der Waals surface area contributed by atoms with Crippen molar-refractivity contribution < 1.29 is 15.8 Å². The number of nitrogens with one attached hydrogen (secondary N) is 1. The highest BCUT2D eigenvalue weighted by molar-refractivity contribution is 5.72. The summed E-state index contributed by atoms with van der Waals surface area (Å²) in [5.41, 5.74) is 0. The van der Waals surface area contributed by atoms with Gasteiger partial charge in [-0.1, -0.05) is 12.8 Å². The summed E-state index contributed by atoms with van der Waals surface area (Å²) >= 11 is 0. The number of ether oxygens (including phenoxy) is 1. The van der Waals surface area contributed by atoms with Crippen molar-refractivity contribution in [2.45, 2.75) is 52.6 Å². The van der Waals surface area contributed by atoms with Crippen LogP contribution in [-0.2, 0) is 9.53 Å². The first-order valence-electron chi connectivity index (χ1n) is 8.41. The van der Waals surface area contributed by atoms with Gasteiger partial charge in [0.05, 0.1) is 6.10 Å². The molecule has 0 atom stereocenters. The van der Waals surface area contributed by atoms with Gasteiger partial charge >= 0.3 is 6.09 Å². The molecule has 0 radical (unpaired) electrons. The number of carbonyl (C=O) groups excluding carboxylic acids is 2. The molecule has 130 valence electrons. The van der Waals surface area contributed by atoms with Gasteiger partial charge < -0.3 is 15.0 Å². The van der Waals surface area contributed by atoms with Crippen LogP contribution in [0.1, 0.15) is 47.9 Å². The fourth-order valence-electron chi connectivity index (χ4n) is 2.51. The van der Waals surface area contributed by atoms with E-state index >= 15 is 0 Å². The van der Waals surface area contributed by atoms with Crippen molar-refractivity contribution in [1.82, 2.24) is 15.1 Å². The van der Waals surface area contributed by atoms with Crippen LogP contribution in [0, 0.1) is 0 Å². The van der Waals surface area contributed by atoms with E-state index < -0.39 is 0 Å². The lowest BCUT2D eigenvalue weighted by Crippen LogP contribution is -2.49. The zero-order valence-corrected chi connectivity index (χ0v) is 14.3. The molecule has 6 heteroatoms. The van der Waals surface area contributed by atoms with E-state index in [9.17, 15) is 9.59 Å². The van der Waals surface area contributed by atoms with Gasteiger partial charge in [-0.05, 0) is 33.2 Å². The molecule has 6 nitrogen and oxygen atoms in total. The molecule has 1 N–H and O–H groups in total. The van der Waals surface area contributed by atoms with Crippen LogP contribution in [0.5, 0.6) is 0 Å². The highest BCUT2D eigenvalue weighted by Crippen LogP contribution is 2.07. The Morgan fingerprint density at radius 1 is 1.09 bits per heavy atom. The number of unbranched alkanes of at least 4 members (excludes halogenated alkanes) is 3. The topological polar surface area (TPSA) is 61.9 Å². The standard InChI is InChI=1S/C16H31N3O3.H2/c1-14(2)22-16(21)19-12-10-18(11-13-19)9-7-5-4-6-8-17-15(3)20;/h14H,4-13H2,1-3H3,(H,17,20);1H. The molecule has 0 aromatic carbocycles. The van der Waals surface area contributed by atoms with Crippen LogP contribution in [0.15, 0.2) is 0 Å². The average Bonchev–Trinajstić information content (AvgIpc) is 2.46. The maximum atomic E-state index is 11.8. The SMILES string of the molecule is CC(=O)NCCCCCCN1CCN(C(=O)OC(C)C)CC1.[HH]. The Morgan fingerprint density at radius 3 is 2.32 bits per heavy atom. The van der Waals surface area contributed by atoms with Gasteiger partial charge in [-0.25, -0.2) is 4.79 Å². The monoisotopic (exact) mass is 315 g/mol. The summed E-state index contributed by atoms with van der Waals surface area (Å²) in [5, 5.41) is 2.82. The summed E-state index contributed by atoms with van der Waals surface area (Å²) in [6, 6.07) is 0. The zero-order chi connectivity index (χ0) is 16.4. The molecule has 1 fully saturated rings. The second kappa shape index (κ2) is 10.4. The fraction of sp³-hybridized carbons (Fsp3) is 0.875. The molecule has 1 aliphatic heterocycles. The molecule has 0 bridgehead atoms. The third-order valence-corrected chi connectivity index (χ3v) is 3.74. The molecule has 0 saturated carbocycles. The summed E-state index contributed by atoms with van der Waals surface area (Å²) in [4.78, 5) is 26.7. The molecule has 1 saturated heterocycles. The molecule has 0 aromatic heterocycles.